The lowest BCUT2D eigenvalue weighted by atomic mass is 10.2. The lowest BCUT2D eigenvalue weighted by molar-refractivity contribution is 0.0938. The second kappa shape index (κ2) is 6.06. The molecular formula is C13H23N5O. The summed E-state index contributed by atoms with van der Waals surface area (Å²) in [4.78, 5) is 14.3. The molecule has 0 radical (unpaired) electrons. The van der Waals surface area contributed by atoms with Crippen LogP contribution in [0, 0.1) is 0 Å². The Morgan fingerprint density at radius 2 is 2.26 bits per heavy atom. The summed E-state index contributed by atoms with van der Waals surface area (Å²) in [7, 11) is 3.84. The highest BCUT2D eigenvalue weighted by Crippen LogP contribution is 2.21. The smallest absolute Gasteiger partial charge is 0.271 e. The molecule has 1 aliphatic rings. The van der Waals surface area contributed by atoms with Gasteiger partial charge in [0.15, 0.2) is 0 Å². The molecule has 1 aromatic rings. The molecule has 0 unspecified atom stereocenters. The third-order valence-electron chi connectivity index (χ3n) is 3.88. The first-order valence-corrected chi connectivity index (χ1v) is 6.85. The van der Waals surface area contributed by atoms with Crippen molar-refractivity contribution in [3.05, 3.63) is 11.9 Å². The normalized spacial score (nSPS) is 16.2. The maximum Gasteiger partial charge on any atom is 0.271 e. The third-order valence-corrected chi connectivity index (χ3v) is 3.88. The Labute approximate surface area is 113 Å². The van der Waals surface area contributed by atoms with E-state index in [4.69, 9.17) is 5.73 Å². The standard InChI is InChI=1S/C13H23N5O/c1-17(10-5-3-4-6-10)8-7-15-13(19)12-11(14)9-16-18(12)2/h9-10H,3-8,14H2,1-2H3,(H,15,19). The Morgan fingerprint density at radius 1 is 1.58 bits per heavy atom. The van der Waals surface area contributed by atoms with Gasteiger partial charge in [-0.3, -0.25) is 9.48 Å². The van der Waals surface area contributed by atoms with Crippen molar-refractivity contribution in [2.24, 2.45) is 7.05 Å². The van der Waals surface area contributed by atoms with Crippen molar-refractivity contribution in [1.82, 2.24) is 20.0 Å². The Morgan fingerprint density at radius 3 is 2.84 bits per heavy atom. The molecule has 0 saturated heterocycles. The Balaban J connectivity index is 1.78. The number of aryl methyl sites for hydroxylation is 1. The highest BCUT2D eigenvalue weighted by Gasteiger charge is 2.19. The van der Waals surface area contributed by atoms with Crippen LogP contribution in [0.25, 0.3) is 0 Å². The molecule has 106 valence electrons. The second-order valence-electron chi connectivity index (χ2n) is 5.25. The lowest BCUT2D eigenvalue weighted by Crippen LogP contribution is -2.38. The fourth-order valence-corrected chi connectivity index (χ4v) is 2.69. The van der Waals surface area contributed by atoms with E-state index in [-0.39, 0.29) is 5.91 Å². The number of aromatic nitrogens is 2. The zero-order valence-corrected chi connectivity index (χ0v) is 11.7. The van der Waals surface area contributed by atoms with Crippen molar-refractivity contribution in [1.29, 1.82) is 0 Å². The summed E-state index contributed by atoms with van der Waals surface area (Å²) in [6.07, 6.45) is 6.71. The first kappa shape index (κ1) is 13.9. The average Bonchev–Trinajstić information content (AvgIpc) is 2.99. The number of nitrogens with two attached hydrogens (primary N) is 1. The van der Waals surface area contributed by atoms with Gasteiger partial charge in [-0.2, -0.15) is 5.10 Å². The molecule has 1 saturated carbocycles. The molecule has 3 N–H and O–H groups in total. The molecule has 0 spiro atoms. The Hall–Kier alpha value is -1.56. The van der Waals surface area contributed by atoms with Gasteiger partial charge in [-0.15, -0.1) is 0 Å². The number of anilines is 1. The topological polar surface area (TPSA) is 76.2 Å². The Kier molecular flexibility index (Phi) is 4.42. The first-order valence-electron chi connectivity index (χ1n) is 6.85. The van der Waals surface area contributed by atoms with Crippen LogP contribution in [0.1, 0.15) is 36.2 Å². The van der Waals surface area contributed by atoms with Crippen molar-refractivity contribution in [3.63, 3.8) is 0 Å². The third kappa shape index (κ3) is 3.26. The van der Waals surface area contributed by atoms with Crippen molar-refractivity contribution in [2.45, 2.75) is 31.7 Å². The summed E-state index contributed by atoms with van der Waals surface area (Å²) < 4.78 is 1.51. The van der Waals surface area contributed by atoms with Gasteiger partial charge in [0, 0.05) is 26.2 Å². The molecule has 2 rings (SSSR count). The predicted octanol–water partition coefficient (Wildman–Crippen LogP) is 0.607. The van der Waals surface area contributed by atoms with Crippen LogP contribution in [0.5, 0.6) is 0 Å². The monoisotopic (exact) mass is 265 g/mol. The minimum atomic E-state index is -0.155. The number of carbonyl (C=O) groups excluding carboxylic acids is 1. The van der Waals surface area contributed by atoms with Gasteiger partial charge in [-0.05, 0) is 19.9 Å². The summed E-state index contributed by atoms with van der Waals surface area (Å²) in [5.74, 6) is -0.155. The molecule has 1 aliphatic carbocycles. The van der Waals surface area contributed by atoms with E-state index >= 15 is 0 Å². The van der Waals surface area contributed by atoms with Crippen molar-refractivity contribution >= 4 is 11.6 Å². The van der Waals surface area contributed by atoms with E-state index in [0.29, 0.717) is 24.0 Å². The summed E-state index contributed by atoms with van der Waals surface area (Å²) in [5, 5.41) is 6.86. The number of hydrogen-bond acceptors (Lipinski definition) is 4. The number of rotatable bonds is 5. The molecule has 1 fully saturated rings. The average molecular weight is 265 g/mol. The molecule has 1 heterocycles. The minimum absolute atomic E-state index is 0.155. The molecule has 6 nitrogen and oxygen atoms in total. The van der Waals surface area contributed by atoms with Crippen LogP contribution in [0.3, 0.4) is 0 Å². The zero-order chi connectivity index (χ0) is 13.8. The van der Waals surface area contributed by atoms with Crippen LogP contribution in [-0.4, -0.2) is 46.8 Å². The number of nitrogen functional groups attached to an aromatic ring is 1. The summed E-state index contributed by atoms with van der Waals surface area (Å²) >= 11 is 0. The molecule has 0 aromatic carbocycles. The van der Waals surface area contributed by atoms with Crippen molar-refractivity contribution in [2.75, 3.05) is 25.9 Å². The molecule has 1 amide bonds. The number of nitrogens with one attached hydrogen (secondary N) is 1. The maximum atomic E-state index is 12.0. The van der Waals surface area contributed by atoms with E-state index < -0.39 is 0 Å². The second-order valence-corrected chi connectivity index (χ2v) is 5.25. The quantitative estimate of drug-likeness (QED) is 0.817. The molecule has 19 heavy (non-hydrogen) atoms. The maximum absolute atomic E-state index is 12.0. The molecular weight excluding hydrogens is 242 g/mol. The van der Waals surface area contributed by atoms with Crippen LogP contribution in [-0.2, 0) is 7.05 Å². The van der Waals surface area contributed by atoms with Crippen LogP contribution < -0.4 is 11.1 Å². The van der Waals surface area contributed by atoms with Gasteiger partial charge < -0.3 is 16.0 Å². The van der Waals surface area contributed by atoms with Gasteiger partial charge in [0.2, 0.25) is 0 Å². The highest BCUT2D eigenvalue weighted by atomic mass is 16.2. The number of hydrogen-bond donors (Lipinski definition) is 2. The zero-order valence-electron chi connectivity index (χ0n) is 11.7. The Bertz CT molecular complexity index is 417. The molecule has 0 bridgehead atoms. The minimum Gasteiger partial charge on any atom is -0.396 e. The van der Waals surface area contributed by atoms with E-state index in [2.05, 4.69) is 22.4 Å². The first-order chi connectivity index (χ1) is 9.09. The number of nitrogens with zero attached hydrogens (tertiary/aromatic N) is 3. The largest absolute Gasteiger partial charge is 0.396 e. The molecule has 0 atom stereocenters. The van der Waals surface area contributed by atoms with Crippen LogP contribution in [0.4, 0.5) is 5.69 Å². The lowest BCUT2D eigenvalue weighted by Gasteiger charge is -2.23. The number of likely N-dealkylation sites (N-methyl/N-ethyl adjacent to an activating group) is 1. The van der Waals surface area contributed by atoms with Gasteiger partial charge in [0.1, 0.15) is 5.69 Å². The van der Waals surface area contributed by atoms with E-state index in [1.807, 2.05) is 0 Å². The summed E-state index contributed by atoms with van der Waals surface area (Å²) in [6.45, 7) is 1.50. The van der Waals surface area contributed by atoms with Gasteiger partial charge in [-0.1, -0.05) is 12.8 Å². The van der Waals surface area contributed by atoms with Gasteiger partial charge in [0.05, 0.1) is 11.9 Å². The highest BCUT2D eigenvalue weighted by molar-refractivity contribution is 5.97. The predicted molar refractivity (Wildman–Crippen MR) is 74.8 cm³/mol. The van der Waals surface area contributed by atoms with Crippen LogP contribution >= 0.6 is 0 Å². The number of amides is 1. The molecule has 6 heteroatoms. The summed E-state index contributed by atoms with van der Waals surface area (Å²) in [5.41, 5.74) is 6.57. The molecule has 1 aromatic heterocycles. The van der Waals surface area contributed by atoms with Gasteiger partial charge in [0.25, 0.3) is 5.91 Å². The van der Waals surface area contributed by atoms with Crippen LogP contribution in [0.15, 0.2) is 6.20 Å². The fourth-order valence-electron chi connectivity index (χ4n) is 2.69. The van der Waals surface area contributed by atoms with E-state index in [1.54, 1.807) is 7.05 Å². The van der Waals surface area contributed by atoms with Crippen molar-refractivity contribution < 1.29 is 4.79 Å². The molecule has 0 aliphatic heterocycles. The summed E-state index contributed by atoms with van der Waals surface area (Å²) in [6, 6.07) is 0.679. The van der Waals surface area contributed by atoms with E-state index in [1.165, 1.54) is 36.6 Å². The van der Waals surface area contributed by atoms with E-state index in [9.17, 15) is 4.79 Å². The van der Waals surface area contributed by atoms with Crippen LogP contribution in [0.2, 0.25) is 0 Å². The van der Waals surface area contributed by atoms with Gasteiger partial charge >= 0.3 is 0 Å². The van der Waals surface area contributed by atoms with Gasteiger partial charge in [-0.25, -0.2) is 0 Å². The fraction of sp³-hybridized carbons (Fsp3) is 0.692. The SMILES string of the molecule is CN(CCNC(=O)c1c(N)cnn1C)C1CCCC1. The number of carbonyl (C=O) groups is 1. The van der Waals surface area contributed by atoms with Crippen molar-refractivity contribution in [3.8, 4) is 0 Å². The van der Waals surface area contributed by atoms with E-state index in [0.717, 1.165) is 6.54 Å².